The van der Waals surface area contributed by atoms with Crippen LogP contribution in [0.5, 0.6) is 5.75 Å². The number of aldehydes is 1. The lowest BCUT2D eigenvalue weighted by Gasteiger charge is -2.40. The van der Waals surface area contributed by atoms with Crippen LogP contribution in [0.1, 0.15) is 84.1 Å². The Labute approximate surface area is 559 Å². The number of carbonyl (C=O) groups excluding carboxylic acids is 13. The number of carboxylic acid groups (broad SMARTS) is 1. The van der Waals surface area contributed by atoms with Crippen LogP contribution in [0.25, 0.3) is 0 Å². The third-order valence-electron chi connectivity index (χ3n) is 14.8. The summed E-state index contributed by atoms with van der Waals surface area (Å²) in [7, 11) is 0. The van der Waals surface area contributed by atoms with Gasteiger partial charge in [-0.25, -0.2) is 0 Å². The second-order valence-electron chi connectivity index (χ2n) is 23.2. The summed E-state index contributed by atoms with van der Waals surface area (Å²) in [5, 5.41) is 113. The molecule has 15 atom stereocenters. The van der Waals surface area contributed by atoms with Crippen molar-refractivity contribution in [2.75, 3.05) is 45.1 Å². The van der Waals surface area contributed by atoms with E-state index >= 15 is 0 Å². The van der Waals surface area contributed by atoms with Gasteiger partial charge in [-0.2, -0.15) is 0 Å². The molecule has 0 spiro atoms. The number of hydrogen-bond donors (Lipinski definition) is 23. The Morgan fingerprint density at radius 2 is 1.33 bits per heavy atom. The number of nitrogens with two attached hydrogens (primary N) is 3. The SMILES string of the molecule is CC(C)CC(NC(=O)CNC(=O)C(O)CSC1CC(=O)N(CCCCN[C@H]2C(O)O[C@H](CO)[C@@H](O)[C@@H]2O)C1=O)C(=O)NC(CCCNC(=N)N)C(=O)NC(CCC(N)=O)C(=O)NC(Cc1ccc(O)cc1)C(=O)NC(=O)C(CC(=O)O)NC(=O)C(CO)NC(C)C(=O)NC(N)C=O. The zero-order valence-corrected chi connectivity index (χ0v) is 54.3. The number of aromatic hydroxyl groups is 1. The minimum atomic E-state index is -2.08. The third-order valence-corrected chi connectivity index (χ3v) is 16.1. The number of nitrogens with one attached hydrogen (secondary N) is 12. The number of unbranched alkanes of at least 4 members (excludes halogenated alkanes) is 1. The maximum atomic E-state index is 14.3. The van der Waals surface area contributed by atoms with Gasteiger partial charge in [0.2, 0.25) is 70.9 Å². The molecule has 3 rings (SSSR count). The smallest absolute Gasteiger partial charge is 0.305 e. The van der Waals surface area contributed by atoms with Crippen molar-refractivity contribution >= 4 is 101 Å². The number of carbonyl (C=O) groups is 14. The van der Waals surface area contributed by atoms with E-state index in [0.717, 1.165) is 16.7 Å². The Bertz CT molecular complexity index is 2920. The molecule has 39 nitrogen and oxygen atoms in total. The number of aliphatic hydroxyl groups is 6. The van der Waals surface area contributed by atoms with E-state index in [4.69, 9.17) is 27.3 Å². The summed E-state index contributed by atoms with van der Waals surface area (Å²) < 4.78 is 5.11. The average Bonchev–Trinajstić information content (AvgIpc) is 1.75. The predicted octanol–water partition coefficient (Wildman–Crippen LogP) is -10.5. The lowest BCUT2D eigenvalue weighted by Crippen LogP contribution is -2.63. The highest BCUT2D eigenvalue weighted by molar-refractivity contribution is 8.00. The Morgan fingerprint density at radius 1 is 0.732 bits per heavy atom. The molecule has 0 saturated carbocycles. The van der Waals surface area contributed by atoms with E-state index < -0.39 is 224 Å². The van der Waals surface area contributed by atoms with Gasteiger partial charge in [0.1, 0.15) is 72.6 Å². The molecule has 0 radical (unpaired) electrons. The van der Waals surface area contributed by atoms with Crippen molar-refractivity contribution in [2.24, 2.45) is 23.1 Å². The minimum absolute atomic E-state index is 0.00183. The van der Waals surface area contributed by atoms with Gasteiger partial charge in [-0.1, -0.05) is 26.0 Å². The van der Waals surface area contributed by atoms with Crippen LogP contribution in [0.2, 0.25) is 0 Å². The highest BCUT2D eigenvalue weighted by atomic mass is 32.2. The van der Waals surface area contributed by atoms with Crippen molar-refractivity contribution in [3.63, 3.8) is 0 Å². The molecule has 2 aliphatic heterocycles. The van der Waals surface area contributed by atoms with Crippen LogP contribution in [-0.2, 0) is 78.3 Å². The fourth-order valence-corrected chi connectivity index (χ4v) is 10.7. The van der Waals surface area contributed by atoms with Crippen molar-refractivity contribution in [3.8, 4) is 5.75 Å². The first kappa shape index (κ1) is 82.7. The zero-order chi connectivity index (χ0) is 72.8. The quantitative estimate of drug-likeness (QED) is 0.00721. The number of ether oxygens (including phenoxy) is 1. The molecule has 2 aliphatic rings. The number of rotatable bonds is 43. The number of amides is 12. The lowest BCUT2D eigenvalue weighted by atomic mass is 9.97. The van der Waals surface area contributed by atoms with E-state index in [-0.39, 0.29) is 68.8 Å². The van der Waals surface area contributed by atoms with Crippen molar-refractivity contribution in [1.82, 2.24) is 63.4 Å². The summed E-state index contributed by atoms with van der Waals surface area (Å²) >= 11 is 0.817. The Morgan fingerprint density at radius 3 is 1.92 bits per heavy atom. The first-order valence-electron chi connectivity index (χ1n) is 30.7. The molecule has 1 aromatic carbocycles. The molecule has 11 unspecified atom stereocenters. The van der Waals surface area contributed by atoms with Crippen molar-refractivity contribution < 1.29 is 113 Å². The summed E-state index contributed by atoms with van der Waals surface area (Å²) in [6.07, 6.45) is -11.4. The maximum Gasteiger partial charge on any atom is 0.305 e. The Balaban J connectivity index is 1.74. The maximum absolute atomic E-state index is 14.3. The molecular formula is C57H90N16O23S. The molecule has 97 heavy (non-hydrogen) atoms. The summed E-state index contributed by atoms with van der Waals surface area (Å²) in [6.45, 7) is 2.24. The first-order chi connectivity index (χ1) is 45.7. The molecule has 2 saturated heterocycles. The summed E-state index contributed by atoms with van der Waals surface area (Å²) in [5.74, 6) is -15.4. The molecule has 2 fully saturated rings. The van der Waals surface area contributed by atoms with Gasteiger partial charge in [0, 0.05) is 38.1 Å². The third kappa shape index (κ3) is 28.6. The molecule has 26 N–H and O–H groups in total. The van der Waals surface area contributed by atoms with Crippen molar-refractivity contribution in [1.29, 1.82) is 5.41 Å². The molecule has 40 heteroatoms. The van der Waals surface area contributed by atoms with Crippen LogP contribution >= 0.6 is 11.8 Å². The van der Waals surface area contributed by atoms with E-state index in [1.54, 1.807) is 13.8 Å². The molecule has 12 amide bonds. The Hall–Kier alpha value is -8.58. The number of aliphatic carboxylic acids is 1. The number of hydrogen-bond acceptors (Lipinski definition) is 27. The van der Waals surface area contributed by atoms with Crippen LogP contribution in [0, 0.1) is 11.3 Å². The molecule has 1 aromatic rings. The standard InChI is InChI=1S/C57H90N16O23S/c1-26(2)17-32(66-41(80)21-64-54(93)36(78)25-97-38-20-42(81)73(55(38)94)16-5-4-14-62-44-46(85)45(84)37(23-75)96-56(44)95)50(89)67-30(7-6-15-63-57(60)61)48(87)68-31(12-13-40(59)79)49(88)69-33(18-28-8-10-29(77)11-9-28)51(90)72-52(91)34(19-43(82)83)70-53(92)35(22-74)65-27(3)47(86)71-39(58)24-76/h8-11,24,26-27,30-39,44-46,56,62,65,74-75,77-78,84-85,95H,4-7,12-23,25,58H2,1-3H3,(H2,59,79)(H,64,93)(H,66,80)(H,67,89)(H,68,87)(H,69,88)(H,70,92)(H,71,86)(H,82,83)(H4,60,61,63)(H,72,90,91)/t27?,30?,31?,32?,33?,34?,35?,36?,37-,38?,39?,44-,45-,46-,56?/m1/s1. The van der Waals surface area contributed by atoms with Gasteiger partial charge >= 0.3 is 5.97 Å². The number of primary amides is 1. The fraction of sp³-hybridized carbons (Fsp3) is 0.632. The normalized spacial score (nSPS) is 20.4. The van der Waals surface area contributed by atoms with Gasteiger partial charge in [-0.15, -0.1) is 11.8 Å². The zero-order valence-electron chi connectivity index (χ0n) is 53.4. The van der Waals surface area contributed by atoms with Crippen LogP contribution in [0.3, 0.4) is 0 Å². The summed E-state index contributed by atoms with van der Waals surface area (Å²) in [5.41, 5.74) is 16.5. The van der Waals surface area contributed by atoms with E-state index in [1.807, 2.05) is 5.32 Å². The van der Waals surface area contributed by atoms with E-state index in [9.17, 15) is 108 Å². The largest absolute Gasteiger partial charge is 0.508 e. The monoisotopic (exact) mass is 1400 g/mol. The van der Waals surface area contributed by atoms with Gasteiger partial charge in [0.25, 0.3) is 0 Å². The summed E-state index contributed by atoms with van der Waals surface area (Å²) in [6, 6.07) is -7.77. The van der Waals surface area contributed by atoms with E-state index in [0.29, 0.717) is 12.8 Å². The van der Waals surface area contributed by atoms with Gasteiger partial charge in [-0.05, 0) is 75.6 Å². The van der Waals surface area contributed by atoms with Crippen LogP contribution in [-0.4, -0.2) is 270 Å². The average molecular weight is 1400 g/mol. The second-order valence-corrected chi connectivity index (χ2v) is 24.4. The number of thioether (sulfide) groups is 1. The lowest BCUT2D eigenvalue weighted by molar-refractivity contribution is -0.254. The molecule has 0 aromatic heterocycles. The molecule has 0 aliphatic carbocycles. The highest BCUT2D eigenvalue weighted by Gasteiger charge is 2.44. The number of phenolic OH excluding ortho intramolecular Hbond substituents is 1. The number of nitrogens with zero attached hydrogens (tertiary/aromatic N) is 1. The van der Waals surface area contributed by atoms with Crippen LogP contribution < -0.4 is 75.7 Å². The number of phenols is 1. The van der Waals surface area contributed by atoms with Gasteiger partial charge in [0.15, 0.2) is 18.5 Å². The first-order valence-corrected chi connectivity index (χ1v) is 31.8. The molecule has 542 valence electrons. The number of imide groups is 2. The minimum Gasteiger partial charge on any atom is -0.508 e. The highest BCUT2D eigenvalue weighted by Crippen LogP contribution is 2.27. The second kappa shape index (κ2) is 41.5. The predicted molar refractivity (Wildman–Crippen MR) is 337 cm³/mol. The topological polar surface area (TPSA) is 648 Å². The Kier molecular flexibility index (Phi) is 35.4. The number of likely N-dealkylation sites (tertiary alicyclic amines) is 1. The van der Waals surface area contributed by atoms with Crippen molar-refractivity contribution in [2.45, 2.75) is 175 Å². The van der Waals surface area contributed by atoms with Gasteiger partial charge in [-0.3, -0.25) is 88.1 Å². The van der Waals surface area contributed by atoms with Crippen LogP contribution in [0.4, 0.5) is 0 Å². The fourth-order valence-electron chi connectivity index (χ4n) is 9.63. The number of aliphatic hydroxyl groups excluding tert-OH is 6. The van der Waals surface area contributed by atoms with E-state index in [2.05, 4.69) is 53.2 Å². The molecule has 2 heterocycles. The van der Waals surface area contributed by atoms with Gasteiger partial charge < -0.3 is 111 Å². The summed E-state index contributed by atoms with van der Waals surface area (Å²) in [4.78, 5) is 185. The molecular weight excluding hydrogens is 1310 g/mol. The number of carboxylic acids is 1. The molecule has 0 bridgehead atoms. The van der Waals surface area contributed by atoms with Crippen molar-refractivity contribution in [3.05, 3.63) is 29.8 Å². The number of benzene rings is 1. The van der Waals surface area contributed by atoms with Crippen LogP contribution in [0.15, 0.2) is 24.3 Å². The van der Waals surface area contributed by atoms with E-state index in [1.165, 1.54) is 31.2 Å². The van der Waals surface area contributed by atoms with Gasteiger partial charge in [0.05, 0.1) is 43.5 Å². The number of guanidine groups is 1.